The Morgan fingerprint density at radius 1 is 1.43 bits per heavy atom. The first-order chi connectivity index (χ1) is 6.13. The lowest BCUT2D eigenvalue weighted by atomic mass is 10.1. The van der Waals surface area contributed by atoms with Crippen molar-refractivity contribution in [3.05, 3.63) is 0 Å². The Morgan fingerprint density at radius 2 is 1.86 bits per heavy atom. The third-order valence-electron chi connectivity index (χ3n) is 1.42. The molecule has 0 aromatic rings. The van der Waals surface area contributed by atoms with Gasteiger partial charge in [-0.3, -0.25) is 0 Å². The van der Waals surface area contributed by atoms with Gasteiger partial charge in [0, 0.05) is 5.88 Å². The monoisotopic (exact) mass is 242 g/mol. The predicted molar refractivity (Wildman–Crippen MR) is 55.7 cm³/mol. The highest BCUT2D eigenvalue weighted by molar-refractivity contribution is 7.89. The van der Waals surface area contributed by atoms with Gasteiger partial charge < -0.3 is 5.73 Å². The zero-order chi connectivity index (χ0) is 11.6. The number of carbonyl (C=O) groups excluding carboxylic acids is 1. The molecule has 0 fully saturated rings. The van der Waals surface area contributed by atoms with Gasteiger partial charge in [0.15, 0.2) is 0 Å². The maximum absolute atomic E-state index is 11.6. The SMILES string of the molecule is CC(C)(C)N(C(N)=O)S(=O)(=O)CCCl. The molecule has 0 rings (SSSR count). The van der Waals surface area contributed by atoms with Crippen LogP contribution in [0.5, 0.6) is 0 Å². The van der Waals surface area contributed by atoms with E-state index in [1.807, 2.05) is 0 Å². The molecule has 0 aromatic heterocycles. The van der Waals surface area contributed by atoms with Crippen molar-refractivity contribution in [2.24, 2.45) is 5.73 Å². The predicted octanol–water partition coefficient (Wildman–Crippen LogP) is 0.734. The van der Waals surface area contributed by atoms with Gasteiger partial charge in [-0.25, -0.2) is 17.5 Å². The Kier molecular flexibility index (Phi) is 4.20. The minimum absolute atomic E-state index is 0.0673. The second-order valence-corrected chi connectivity index (χ2v) is 6.09. The molecule has 5 nitrogen and oxygen atoms in total. The van der Waals surface area contributed by atoms with Crippen LogP contribution >= 0.6 is 11.6 Å². The lowest BCUT2D eigenvalue weighted by molar-refractivity contribution is 0.205. The summed E-state index contributed by atoms with van der Waals surface area (Å²) < 4.78 is 23.8. The van der Waals surface area contributed by atoms with Crippen LogP contribution in [-0.2, 0) is 10.0 Å². The van der Waals surface area contributed by atoms with Crippen molar-refractivity contribution in [2.75, 3.05) is 11.6 Å². The second kappa shape index (κ2) is 4.35. The number of halogens is 1. The van der Waals surface area contributed by atoms with E-state index < -0.39 is 21.6 Å². The fourth-order valence-corrected chi connectivity index (χ4v) is 3.14. The van der Waals surface area contributed by atoms with E-state index >= 15 is 0 Å². The van der Waals surface area contributed by atoms with E-state index in [-0.39, 0.29) is 11.6 Å². The summed E-state index contributed by atoms with van der Waals surface area (Å²) in [5.41, 5.74) is 4.14. The van der Waals surface area contributed by atoms with Crippen LogP contribution in [0.1, 0.15) is 20.8 Å². The summed E-state index contributed by atoms with van der Waals surface area (Å²) in [6.45, 7) is 4.76. The number of alkyl halides is 1. The number of carbonyl (C=O) groups is 1. The Morgan fingerprint density at radius 3 is 2.07 bits per heavy atom. The van der Waals surface area contributed by atoms with E-state index in [0.717, 1.165) is 0 Å². The van der Waals surface area contributed by atoms with Gasteiger partial charge in [0.1, 0.15) is 0 Å². The van der Waals surface area contributed by atoms with Gasteiger partial charge in [0.05, 0.1) is 11.3 Å². The van der Waals surface area contributed by atoms with Crippen molar-refractivity contribution in [2.45, 2.75) is 26.3 Å². The summed E-state index contributed by atoms with van der Waals surface area (Å²) in [5, 5.41) is 0. The van der Waals surface area contributed by atoms with Gasteiger partial charge in [-0.2, -0.15) is 0 Å². The molecule has 0 saturated carbocycles. The zero-order valence-corrected chi connectivity index (χ0v) is 10.0. The van der Waals surface area contributed by atoms with Gasteiger partial charge >= 0.3 is 6.03 Å². The second-order valence-electron chi connectivity index (χ2n) is 3.78. The van der Waals surface area contributed by atoms with E-state index in [4.69, 9.17) is 17.3 Å². The molecule has 0 aliphatic carbocycles. The van der Waals surface area contributed by atoms with Gasteiger partial charge in [-0.1, -0.05) is 0 Å². The zero-order valence-electron chi connectivity index (χ0n) is 8.45. The highest BCUT2D eigenvalue weighted by atomic mass is 35.5. The molecule has 0 aliphatic heterocycles. The number of hydrogen-bond donors (Lipinski definition) is 1. The first-order valence-electron chi connectivity index (χ1n) is 4.01. The first-order valence-corrected chi connectivity index (χ1v) is 6.16. The topological polar surface area (TPSA) is 80.5 Å². The third-order valence-corrected chi connectivity index (χ3v) is 3.84. The molecule has 2 amide bonds. The van der Waals surface area contributed by atoms with Crippen LogP contribution in [0, 0.1) is 0 Å². The minimum Gasteiger partial charge on any atom is -0.351 e. The molecule has 0 unspecified atom stereocenters. The summed E-state index contributed by atoms with van der Waals surface area (Å²) in [7, 11) is -3.70. The summed E-state index contributed by atoms with van der Waals surface area (Å²) in [6.07, 6.45) is 0. The van der Waals surface area contributed by atoms with Crippen LogP contribution in [0.2, 0.25) is 0 Å². The molecule has 0 bridgehead atoms. The molecule has 0 aliphatic rings. The van der Waals surface area contributed by atoms with E-state index in [1.54, 1.807) is 20.8 Å². The van der Waals surface area contributed by atoms with Crippen molar-refractivity contribution in [3.63, 3.8) is 0 Å². The number of hydrogen-bond acceptors (Lipinski definition) is 3. The molecule has 0 radical (unpaired) electrons. The van der Waals surface area contributed by atoms with E-state index in [2.05, 4.69) is 0 Å². The Bertz CT molecular complexity index is 307. The largest absolute Gasteiger partial charge is 0.351 e. The number of primary amides is 1. The van der Waals surface area contributed by atoms with Crippen LogP contribution in [0.15, 0.2) is 0 Å². The number of nitrogens with two attached hydrogens (primary N) is 1. The first kappa shape index (κ1) is 13.5. The Hall–Kier alpha value is -0.490. The van der Waals surface area contributed by atoms with Crippen molar-refractivity contribution >= 4 is 27.7 Å². The van der Waals surface area contributed by atoms with Gasteiger partial charge in [0.2, 0.25) is 10.0 Å². The van der Waals surface area contributed by atoms with E-state index in [0.29, 0.717) is 4.31 Å². The molecular weight excluding hydrogens is 228 g/mol. The van der Waals surface area contributed by atoms with E-state index in [9.17, 15) is 13.2 Å². The fourth-order valence-electron chi connectivity index (χ4n) is 1.07. The number of rotatable bonds is 3. The molecule has 0 saturated heterocycles. The standard InChI is InChI=1S/C7H15ClN2O3S/c1-7(2,3)10(6(9)11)14(12,13)5-4-8/h4-5H2,1-3H3,(H2,9,11). The van der Waals surface area contributed by atoms with Gasteiger partial charge in [0.25, 0.3) is 0 Å². The summed E-state index contributed by atoms with van der Waals surface area (Å²) in [5.74, 6) is -0.364. The molecule has 0 atom stereocenters. The molecule has 0 aromatic carbocycles. The highest BCUT2D eigenvalue weighted by Crippen LogP contribution is 2.18. The normalized spacial score (nSPS) is 12.6. The average Bonchev–Trinajstić information content (AvgIpc) is 1.78. The van der Waals surface area contributed by atoms with Crippen molar-refractivity contribution in [1.82, 2.24) is 4.31 Å². The minimum atomic E-state index is -3.70. The van der Waals surface area contributed by atoms with Crippen molar-refractivity contribution < 1.29 is 13.2 Å². The smallest absolute Gasteiger partial charge is 0.328 e. The van der Waals surface area contributed by atoms with Crippen molar-refractivity contribution in [3.8, 4) is 0 Å². The van der Waals surface area contributed by atoms with Crippen LogP contribution < -0.4 is 5.73 Å². The number of amides is 2. The molecular formula is C7H15ClN2O3S. The summed E-state index contributed by atoms with van der Waals surface area (Å²) >= 11 is 5.33. The van der Waals surface area contributed by atoms with E-state index in [1.165, 1.54) is 0 Å². The molecule has 7 heteroatoms. The quantitative estimate of drug-likeness (QED) is 0.741. The Labute approximate surface area is 89.3 Å². The molecule has 14 heavy (non-hydrogen) atoms. The maximum atomic E-state index is 11.6. The van der Waals surface area contributed by atoms with Crippen LogP contribution in [-0.4, -0.2) is 35.9 Å². The fraction of sp³-hybridized carbons (Fsp3) is 0.857. The summed E-state index contributed by atoms with van der Waals surface area (Å²) in [4.78, 5) is 11.0. The van der Waals surface area contributed by atoms with Crippen LogP contribution in [0.4, 0.5) is 4.79 Å². The average molecular weight is 243 g/mol. The molecule has 0 spiro atoms. The van der Waals surface area contributed by atoms with Crippen molar-refractivity contribution in [1.29, 1.82) is 0 Å². The Balaban J connectivity index is 5.15. The summed E-state index contributed by atoms with van der Waals surface area (Å²) in [6, 6.07) is -0.984. The third kappa shape index (κ3) is 3.34. The molecule has 0 heterocycles. The van der Waals surface area contributed by atoms with Crippen LogP contribution in [0.25, 0.3) is 0 Å². The maximum Gasteiger partial charge on any atom is 0.328 e. The van der Waals surface area contributed by atoms with Gasteiger partial charge in [-0.05, 0) is 20.8 Å². The number of urea groups is 1. The number of sulfonamides is 1. The van der Waals surface area contributed by atoms with Gasteiger partial charge in [-0.15, -0.1) is 11.6 Å². The lowest BCUT2D eigenvalue weighted by Crippen LogP contribution is -2.52. The highest BCUT2D eigenvalue weighted by Gasteiger charge is 2.35. The lowest BCUT2D eigenvalue weighted by Gasteiger charge is -2.32. The number of nitrogens with zero attached hydrogens (tertiary/aromatic N) is 1. The van der Waals surface area contributed by atoms with Crippen LogP contribution in [0.3, 0.4) is 0 Å². The molecule has 2 N–H and O–H groups in total. The molecule has 84 valence electrons.